The number of carbonyl (C=O) groups excluding carboxylic acids is 2. The number of urea groups is 1. The van der Waals surface area contributed by atoms with Crippen LogP contribution in [0.25, 0.3) is 0 Å². The van der Waals surface area contributed by atoms with Crippen molar-refractivity contribution in [3.05, 3.63) is 53.6 Å². The zero-order valence-electron chi connectivity index (χ0n) is 14.5. The molecule has 1 heterocycles. The first-order valence-electron chi connectivity index (χ1n) is 7.99. The van der Waals surface area contributed by atoms with Crippen molar-refractivity contribution in [3.8, 4) is 17.2 Å². The summed E-state index contributed by atoms with van der Waals surface area (Å²) in [5, 5.41) is 25.9. The number of aromatic hydroxyl groups is 2. The highest BCUT2D eigenvalue weighted by Gasteiger charge is 2.49. The number of phenolic OH excluding ortho intramolecular Hbond substituents is 2. The molecule has 1 aliphatic heterocycles. The molecule has 0 bridgehead atoms. The summed E-state index contributed by atoms with van der Waals surface area (Å²) in [6.07, 6.45) is 1.09. The summed E-state index contributed by atoms with van der Waals surface area (Å²) in [7, 11) is 0. The van der Waals surface area contributed by atoms with Crippen molar-refractivity contribution >= 4 is 18.2 Å². The highest BCUT2D eigenvalue weighted by Crippen LogP contribution is 2.30. The number of hydrazone groups is 1. The lowest BCUT2D eigenvalue weighted by Gasteiger charge is -2.21. The Morgan fingerprint density at radius 3 is 2.46 bits per heavy atom. The highest BCUT2D eigenvalue weighted by molar-refractivity contribution is 6.07. The van der Waals surface area contributed by atoms with Gasteiger partial charge in [-0.3, -0.25) is 4.79 Å². The number of phenols is 2. The predicted octanol–water partition coefficient (Wildman–Crippen LogP) is 2.50. The van der Waals surface area contributed by atoms with Crippen molar-refractivity contribution in [3.63, 3.8) is 0 Å². The van der Waals surface area contributed by atoms with E-state index in [2.05, 4.69) is 15.2 Å². The van der Waals surface area contributed by atoms with Gasteiger partial charge in [-0.15, -0.1) is 5.01 Å². The minimum atomic E-state index is -2.98. The van der Waals surface area contributed by atoms with E-state index in [0.29, 0.717) is 10.6 Å². The summed E-state index contributed by atoms with van der Waals surface area (Å²) in [4.78, 5) is 24.9. The molecule has 0 unspecified atom stereocenters. The van der Waals surface area contributed by atoms with Gasteiger partial charge >= 0.3 is 12.6 Å². The maximum Gasteiger partial charge on any atom is 0.387 e. The third-order valence-corrected chi connectivity index (χ3v) is 4.15. The van der Waals surface area contributed by atoms with E-state index in [0.717, 1.165) is 12.3 Å². The molecule has 1 saturated heterocycles. The smallest absolute Gasteiger partial charge is 0.387 e. The number of hydrogen-bond donors (Lipinski definition) is 3. The average molecular weight is 391 g/mol. The molecule has 3 N–H and O–H groups in total. The molecule has 3 rings (SSSR count). The van der Waals surface area contributed by atoms with E-state index in [4.69, 9.17) is 0 Å². The van der Waals surface area contributed by atoms with Gasteiger partial charge in [0.05, 0.1) is 6.21 Å². The number of benzene rings is 2. The minimum absolute atomic E-state index is 0.0863. The lowest BCUT2D eigenvalue weighted by molar-refractivity contribution is -0.131. The number of rotatable bonds is 5. The molecule has 28 heavy (non-hydrogen) atoms. The van der Waals surface area contributed by atoms with Crippen molar-refractivity contribution in [2.45, 2.75) is 19.1 Å². The van der Waals surface area contributed by atoms with E-state index < -0.39 is 24.1 Å². The molecule has 146 valence electrons. The Morgan fingerprint density at radius 2 is 1.86 bits per heavy atom. The molecule has 3 amide bonds. The van der Waals surface area contributed by atoms with Gasteiger partial charge in [-0.2, -0.15) is 13.9 Å². The molecule has 1 atom stereocenters. The second-order valence-corrected chi connectivity index (χ2v) is 6.06. The van der Waals surface area contributed by atoms with Gasteiger partial charge in [-0.25, -0.2) is 4.79 Å². The maximum absolute atomic E-state index is 12.7. The molecule has 8 nitrogen and oxygen atoms in total. The normalized spacial score (nSPS) is 19.5. The van der Waals surface area contributed by atoms with Crippen LogP contribution >= 0.6 is 0 Å². The van der Waals surface area contributed by atoms with E-state index in [1.165, 1.54) is 43.3 Å². The molecule has 0 aromatic heterocycles. The number of amides is 3. The minimum Gasteiger partial charge on any atom is -0.508 e. The molecule has 0 spiro atoms. The second kappa shape index (κ2) is 7.14. The standard InChI is InChI=1S/C18H15F2N3O5/c1-18(11-3-6-13(7-4-11)28-16(19)20)15(26)23(17(27)22-18)21-9-10-2-5-12(24)8-14(10)25/h2-9,16,24-25H,1H3,(H,22,27)/t18-/m1/s1. The molecule has 1 aliphatic rings. The second-order valence-electron chi connectivity index (χ2n) is 6.06. The quantitative estimate of drug-likeness (QED) is 0.536. The Kier molecular flexibility index (Phi) is 4.87. The number of nitrogens with zero attached hydrogens (tertiary/aromatic N) is 2. The van der Waals surface area contributed by atoms with Crippen molar-refractivity contribution in [1.82, 2.24) is 10.3 Å². The first-order chi connectivity index (χ1) is 13.2. The van der Waals surface area contributed by atoms with Gasteiger partial charge in [-0.1, -0.05) is 12.1 Å². The van der Waals surface area contributed by atoms with E-state index in [-0.39, 0.29) is 22.8 Å². The number of nitrogens with one attached hydrogen (secondary N) is 1. The molecule has 0 radical (unpaired) electrons. The van der Waals surface area contributed by atoms with E-state index in [1.54, 1.807) is 0 Å². The van der Waals surface area contributed by atoms with Crippen LogP contribution in [0.4, 0.5) is 13.6 Å². The number of imide groups is 1. The van der Waals surface area contributed by atoms with Crippen LogP contribution in [0, 0.1) is 0 Å². The van der Waals surface area contributed by atoms with Crippen molar-refractivity contribution in [2.24, 2.45) is 5.10 Å². The van der Waals surface area contributed by atoms with Crippen molar-refractivity contribution < 1.29 is 33.3 Å². The molecular weight excluding hydrogens is 376 g/mol. The zero-order valence-corrected chi connectivity index (χ0v) is 14.5. The Balaban J connectivity index is 1.83. The monoisotopic (exact) mass is 391 g/mol. The van der Waals surface area contributed by atoms with Crippen molar-refractivity contribution in [2.75, 3.05) is 0 Å². The van der Waals surface area contributed by atoms with Crippen LogP contribution in [0.3, 0.4) is 0 Å². The summed E-state index contributed by atoms with van der Waals surface area (Å²) in [6.45, 7) is -1.53. The van der Waals surface area contributed by atoms with Gasteiger partial charge in [0.2, 0.25) is 0 Å². The third-order valence-electron chi connectivity index (χ3n) is 4.15. The Morgan fingerprint density at radius 1 is 1.18 bits per heavy atom. The highest BCUT2D eigenvalue weighted by atomic mass is 19.3. The van der Waals surface area contributed by atoms with Crippen LogP contribution in [0.15, 0.2) is 47.6 Å². The van der Waals surface area contributed by atoms with Crippen molar-refractivity contribution in [1.29, 1.82) is 0 Å². The number of halogens is 2. The molecule has 10 heteroatoms. The van der Waals surface area contributed by atoms with E-state index in [1.807, 2.05) is 0 Å². The summed E-state index contributed by atoms with van der Waals surface area (Å²) in [5.41, 5.74) is -0.937. The number of hydrogen-bond acceptors (Lipinski definition) is 6. The van der Waals surface area contributed by atoms with Gasteiger partial charge in [0.15, 0.2) is 0 Å². The SMILES string of the molecule is C[C@]1(c2ccc(OC(F)F)cc2)NC(=O)N(N=Cc2ccc(O)cc2O)C1=O. The summed E-state index contributed by atoms with van der Waals surface area (Å²) < 4.78 is 28.8. The molecule has 0 saturated carbocycles. The fourth-order valence-electron chi connectivity index (χ4n) is 2.66. The Hall–Kier alpha value is -3.69. The largest absolute Gasteiger partial charge is 0.508 e. The first kappa shape index (κ1) is 19.1. The van der Waals surface area contributed by atoms with Crippen LogP contribution in [-0.4, -0.2) is 40.0 Å². The van der Waals surface area contributed by atoms with Crippen LogP contribution < -0.4 is 10.1 Å². The average Bonchev–Trinajstić information content (AvgIpc) is 2.84. The molecule has 1 fully saturated rings. The van der Waals surface area contributed by atoms with Gasteiger partial charge in [0.25, 0.3) is 5.91 Å². The van der Waals surface area contributed by atoms with Crippen LogP contribution in [0.1, 0.15) is 18.1 Å². The van der Waals surface area contributed by atoms with Gasteiger partial charge in [0.1, 0.15) is 22.8 Å². The molecule has 2 aromatic rings. The zero-order chi connectivity index (χ0) is 20.5. The number of carbonyl (C=O) groups is 2. The third kappa shape index (κ3) is 3.56. The molecule has 2 aromatic carbocycles. The topological polar surface area (TPSA) is 111 Å². The Labute approximate surface area is 157 Å². The van der Waals surface area contributed by atoms with Crippen LogP contribution in [0.2, 0.25) is 0 Å². The Bertz CT molecular complexity index is 949. The van der Waals surface area contributed by atoms with Gasteiger partial charge < -0.3 is 20.3 Å². The lowest BCUT2D eigenvalue weighted by Crippen LogP contribution is -2.40. The van der Waals surface area contributed by atoms with E-state index in [9.17, 15) is 28.6 Å². The summed E-state index contributed by atoms with van der Waals surface area (Å²) in [5.74, 6) is -1.23. The fraction of sp³-hybridized carbons (Fsp3) is 0.167. The lowest BCUT2D eigenvalue weighted by atomic mass is 9.92. The maximum atomic E-state index is 12.7. The first-order valence-corrected chi connectivity index (χ1v) is 7.99. The summed E-state index contributed by atoms with van der Waals surface area (Å²) in [6, 6.07) is 8.23. The van der Waals surface area contributed by atoms with Crippen LogP contribution in [-0.2, 0) is 10.3 Å². The number of ether oxygens (including phenoxy) is 1. The molecule has 0 aliphatic carbocycles. The summed E-state index contributed by atoms with van der Waals surface area (Å²) >= 11 is 0. The van der Waals surface area contributed by atoms with Crippen LogP contribution in [0.5, 0.6) is 17.2 Å². The number of alkyl halides is 2. The molecular formula is C18H15F2N3O5. The fourth-order valence-corrected chi connectivity index (χ4v) is 2.66. The predicted molar refractivity (Wildman–Crippen MR) is 93.2 cm³/mol. The van der Waals surface area contributed by atoms with E-state index >= 15 is 0 Å². The van der Waals surface area contributed by atoms with Gasteiger partial charge in [0, 0.05) is 11.6 Å². The van der Waals surface area contributed by atoms with Gasteiger partial charge in [-0.05, 0) is 36.8 Å².